The SMILES string of the molecule is Cc1cc(CN2C/C(=C\c3ccc(F)c(F)c3)C(=O)/C(=C/c3ccc(F)c(F)c3)C2)cc(C(F)(F)F)c1. The molecule has 1 heterocycles. The van der Waals surface area contributed by atoms with Crippen molar-refractivity contribution in [1.29, 1.82) is 0 Å². The topological polar surface area (TPSA) is 20.3 Å². The Bertz CT molecular complexity index is 1350. The Kier molecular flexibility index (Phi) is 7.36. The molecule has 0 aliphatic carbocycles. The Morgan fingerprint density at radius 2 is 1.27 bits per heavy atom. The number of benzene rings is 3. The summed E-state index contributed by atoms with van der Waals surface area (Å²) in [5, 5.41) is 0. The van der Waals surface area contributed by atoms with Gasteiger partial charge >= 0.3 is 6.18 Å². The summed E-state index contributed by atoms with van der Waals surface area (Å²) in [6, 6.07) is 9.90. The largest absolute Gasteiger partial charge is 0.416 e. The third kappa shape index (κ3) is 6.35. The van der Waals surface area contributed by atoms with Gasteiger partial charge in [0.1, 0.15) is 0 Å². The van der Waals surface area contributed by atoms with E-state index in [1.54, 1.807) is 17.9 Å². The highest BCUT2D eigenvalue weighted by molar-refractivity contribution is 6.14. The van der Waals surface area contributed by atoms with Crippen molar-refractivity contribution >= 4 is 17.9 Å². The lowest BCUT2D eigenvalue weighted by Crippen LogP contribution is -2.37. The van der Waals surface area contributed by atoms with Gasteiger partial charge in [-0.2, -0.15) is 13.2 Å². The number of ketones is 1. The number of carbonyl (C=O) groups excluding carboxylic acids is 1. The first-order valence-electron chi connectivity index (χ1n) is 11.1. The monoisotopic (exact) mass is 519 g/mol. The molecule has 2 nitrogen and oxygen atoms in total. The summed E-state index contributed by atoms with van der Waals surface area (Å²) in [5.41, 5.74) is 0.752. The minimum absolute atomic E-state index is 0.0161. The Balaban J connectivity index is 1.72. The minimum Gasteiger partial charge on any atom is -0.290 e. The zero-order valence-corrected chi connectivity index (χ0v) is 19.5. The van der Waals surface area contributed by atoms with Gasteiger partial charge in [0.25, 0.3) is 0 Å². The van der Waals surface area contributed by atoms with Crippen LogP contribution >= 0.6 is 0 Å². The van der Waals surface area contributed by atoms with Crippen molar-refractivity contribution < 1.29 is 35.5 Å². The van der Waals surface area contributed by atoms with E-state index in [2.05, 4.69) is 0 Å². The lowest BCUT2D eigenvalue weighted by atomic mass is 9.93. The standard InChI is InChI=1S/C28H20F7NO/c1-16-6-19(10-22(7-16)28(33,34)35)13-36-14-20(8-17-2-4-23(29)25(31)11-17)27(37)21(15-36)9-18-3-5-24(30)26(32)12-18/h2-12H,13-15H2,1H3/b20-8+,21-9+. The van der Waals surface area contributed by atoms with Crippen LogP contribution < -0.4 is 0 Å². The van der Waals surface area contributed by atoms with E-state index in [-0.39, 0.29) is 41.9 Å². The van der Waals surface area contributed by atoms with Crippen LogP contribution in [0.3, 0.4) is 0 Å². The number of alkyl halides is 3. The van der Waals surface area contributed by atoms with Crippen molar-refractivity contribution in [2.75, 3.05) is 13.1 Å². The van der Waals surface area contributed by atoms with Crippen LogP contribution in [0.1, 0.15) is 27.8 Å². The number of rotatable bonds is 4. The Morgan fingerprint density at radius 3 is 1.73 bits per heavy atom. The van der Waals surface area contributed by atoms with E-state index >= 15 is 0 Å². The fourth-order valence-electron chi connectivity index (χ4n) is 4.20. The first-order valence-corrected chi connectivity index (χ1v) is 11.1. The van der Waals surface area contributed by atoms with E-state index in [0.29, 0.717) is 11.1 Å². The average molecular weight is 519 g/mol. The molecule has 1 saturated heterocycles. The quantitative estimate of drug-likeness (QED) is 0.270. The normalized spacial score (nSPS) is 17.1. The maximum atomic E-state index is 13.7. The molecule has 37 heavy (non-hydrogen) atoms. The van der Waals surface area contributed by atoms with Crippen molar-refractivity contribution in [3.63, 3.8) is 0 Å². The van der Waals surface area contributed by atoms with Gasteiger partial charge in [0.15, 0.2) is 29.1 Å². The van der Waals surface area contributed by atoms with Crippen molar-refractivity contribution in [2.45, 2.75) is 19.6 Å². The highest BCUT2D eigenvalue weighted by Gasteiger charge is 2.32. The Hall–Kier alpha value is -3.72. The molecule has 1 fully saturated rings. The predicted octanol–water partition coefficient (Wildman–Crippen LogP) is 7.12. The molecule has 0 atom stereocenters. The number of likely N-dealkylation sites (tertiary alicyclic amines) is 1. The fourth-order valence-corrected chi connectivity index (χ4v) is 4.20. The van der Waals surface area contributed by atoms with Gasteiger partial charge in [0.2, 0.25) is 0 Å². The van der Waals surface area contributed by atoms with Crippen molar-refractivity contribution in [3.8, 4) is 0 Å². The third-order valence-electron chi connectivity index (χ3n) is 5.81. The molecule has 0 radical (unpaired) electrons. The first kappa shape index (κ1) is 26.3. The van der Waals surface area contributed by atoms with Crippen LogP contribution in [0.15, 0.2) is 65.7 Å². The summed E-state index contributed by atoms with van der Waals surface area (Å²) in [4.78, 5) is 14.9. The maximum absolute atomic E-state index is 13.7. The van der Waals surface area contributed by atoms with Gasteiger partial charge < -0.3 is 0 Å². The second-order valence-electron chi connectivity index (χ2n) is 8.87. The Labute approximate surface area is 208 Å². The summed E-state index contributed by atoms with van der Waals surface area (Å²) in [5.74, 6) is -4.78. The number of carbonyl (C=O) groups is 1. The van der Waals surface area contributed by atoms with Crippen LogP contribution in [-0.2, 0) is 17.5 Å². The average Bonchev–Trinajstić information content (AvgIpc) is 2.81. The van der Waals surface area contributed by atoms with Gasteiger partial charge in [-0.25, -0.2) is 17.6 Å². The van der Waals surface area contributed by atoms with Crippen LogP contribution in [0.2, 0.25) is 0 Å². The number of nitrogens with zero attached hydrogens (tertiary/aromatic N) is 1. The molecule has 3 aromatic rings. The van der Waals surface area contributed by atoms with Crippen LogP contribution in [0.4, 0.5) is 30.7 Å². The summed E-state index contributed by atoms with van der Waals surface area (Å²) < 4.78 is 94.1. The molecule has 3 aromatic carbocycles. The minimum atomic E-state index is -4.53. The van der Waals surface area contributed by atoms with Crippen molar-refractivity contribution in [3.05, 3.63) is 117 Å². The second kappa shape index (κ2) is 10.3. The summed E-state index contributed by atoms with van der Waals surface area (Å²) in [6.07, 6.45) is -1.80. The lowest BCUT2D eigenvalue weighted by molar-refractivity contribution is -0.137. The summed E-state index contributed by atoms with van der Waals surface area (Å²) in [6.45, 7) is 1.62. The van der Waals surface area contributed by atoms with Crippen molar-refractivity contribution in [2.24, 2.45) is 0 Å². The molecule has 9 heteroatoms. The first-order chi connectivity index (χ1) is 17.4. The number of Topliss-reactive ketones (excluding diaryl/α,β-unsaturated/α-hetero) is 1. The van der Waals surface area contributed by atoms with Gasteiger partial charge in [0.05, 0.1) is 5.56 Å². The molecule has 0 spiro atoms. The predicted molar refractivity (Wildman–Crippen MR) is 125 cm³/mol. The third-order valence-corrected chi connectivity index (χ3v) is 5.81. The van der Waals surface area contributed by atoms with E-state index in [0.717, 1.165) is 36.4 Å². The molecule has 0 saturated carbocycles. The number of halogens is 7. The Morgan fingerprint density at radius 1 is 0.757 bits per heavy atom. The number of piperidine rings is 1. The van der Waals surface area contributed by atoms with E-state index in [1.807, 2.05) is 0 Å². The van der Waals surface area contributed by atoms with Gasteiger partial charge in [-0.1, -0.05) is 23.8 Å². The molecule has 1 aliphatic heterocycles. The molecule has 0 aromatic heterocycles. The molecular weight excluding hydrogens is 499 g/mol. The molecule has 192 valence electrons. The summed E-state index contributed by atoms with van der Waals surface area (Å²) >= 11 is 0. The van der Waals surface area contributed by atoms with Crippen LogP contribution in [-0.4, -0.2) is 23.8 Å². The highest BCUT2D eigenvalue weighted by atomic mass is 19.4. The molecule has 1 aliphatic rings. The van der Waals surface area contributed by atoms with Gasteiger partial charge in [-0.05, 0) is 72.2 Å². The molecule has 0 amide bonds. The van der Waals surface area contributed by atoms with E-state index in [9.17, 15) is 35.5 Å². The fraction of sp³-hybridized carbons (Fsp3) is 0.179. The molecule has 4 rings (SSSR count). The van der Waals surface area contributed by atoms with Gasteiger partial charge in [0, 0.05) is 30.8 Å². The molecule has 0 unspecified atom stereocenters. The number of hydrogen-bond donors (Lipinski definition) is 0. The number of hydrogen-bond acceptors (Lipinski definition) is 2. The van der Waals surface area contributed by atoms with E-state index < -0.39 is 40.8 Å². The molecule has 0 N–H and O–H groups in total. The van der Waals surface area contributed by atoms with Crippen LogP contribution in [0.5, 0.6) is 0 Å². The second-order valence-corrected chi connectivity index (χ2v) is 8.87. The van der Waals surface area contributed by atoms with Crippen LogP contribution in [0, 0.1) is 30.2 Å². The lowest BCUT2D eigenvalue weighted by Gasteiger charge is -2.30. The summed E-state index contributed by atoms with van der Waals surface area (Å²) in [7, 11) is 0. The number of aryl methyl sites for hydroxylation is 1. The van der Waals surface area contributed by atoms with E-state index in [1.165, 1.54) is 24.3 Å². The molecular formula is C28H20F7NO. The van der Waals surface area contributed by atoms with Gasteiger partial charge in [-0.3, -0.25) is 9.69 Å². The van der Waals surface area contributed by atoms with Crippen molar-refractivity contribution in [1.82, 2.24) is 4.90 Å². The van der Waals surface area contributed by atoms with E-state index in [4.69, 9.17) is 0 Å². The zero-order chi connectivity index (χ0) is 26.9. The smallest absolute Gasteiger partial charge is 0.290 e. The highest BCUT2D eigenvalue weighted by Crippen LogP contribution is 2.31. The molecule has 0 bridgehead atoms. The van der Waals surface area contributed by atoms with Gasteiger partial charge in [-0.15, -0.1) is 0 Å². The zero-order valence-electron chi connectivity index (χ0n) is 19.5. The maximum Gasteiger partial charge on any atom is 0.416 e. The van der Waals surface area contributed by atoms with Crippen LogP contribution in [0.25, 0.3) is 12.2 Å².